The maximum absolute atomic E-state index is 11.3. The van der Waals surface area contributed by atoms with Crippen LogP contribution in [0.3, 0.4) is 0 Å². The molecule has 0 bridgehead atoms. The molecule has 1 aromatic rings. The van der Waals surface area contributed by atoms with Crippen molar-refractivity contribution >= 4 is 27.8 Å². The minimum absolute atomic E-state index is 0.328. The van der Waals surface area contributed by atoms with E-state index in [1.54, 1.807) is 12.3 Å². The van der Waals surface area contributed by atoms with Crippen LogP contribution < -0.4 is 5.32 Å². The number of hydrogen-bond acceptors (Lipinski definition) is 3. The van der Waals surface area contributed by atoms with E-state index in [4.69, 9.17) is 4.74 Å². The highest BCUT2D eigenvalue weighted by molar-refractivity contribution is 9.08. The first-order valence-electron chi connectivity index (χ1n) is 5.06. The Morgan fingerprint density at radius 3 is 2.81 bits per heavy atom. The Morgan fingerprint density at radius 1 is 1.56 bits per heavy atom. The van der Waals surface area contributed by atoms with Crippen LogP contribution in [-0.4, -0.2) is 17.7 Å². The van der Waals surface area contributed by atoms with Gasteiger partial charge in [-0.05, 0) is 17.5 Å². The van der Waals surface area contributed by atoms with Crippen LogP contribution in [-0.2, 0) is 10.1 Å². The molecule has 1 rings (SSSR count). The summed E-state index contributed by atoms with van der Waals surface area (Å²) in [6, 6.07) is 3.63. The van der Waals surface area contributed by atoms with Crippen LogP contribution in [0.25, 0.3) is 0 Å². The zero-order valence-electron chi connectivity index (χ0n) is 9.37. The highest BCUT2D eigenvalue weighted by atomic mass is 79.9. The summed E-state index contributed by atoms with van der Waals surface area (Å²) in [5, 5.41) is 3.31. The van der Waals surface area contributed by atoms with Gasteiger partial charge in [0.25, 0.3) is 0 Å². The smallest absolute Gasteiger partial charge is 0.412 e. The normalized spacial score (nSPS) is 10.2. The zero-order chi connectivity index (χ0) is 12.0. The third-order valence-electron chi connectivity index (χ3n) is 1.76. The van der Waals surface area contributed by atoms with Crippen LogP contribution in [0.15, 0.2) is 18.3 Å². The molecule has 0 unspecified atom stereocenters. The lowest BCUT2D eigenvalue weighted by atomic mass is 10.2. The number of nitrogens with zero attached hydrogens (tertiary/aromatic N) is 1. The number of alkyl halides is 1. The molecular formula is C11H15BrN2O2. The predicted octanol–water partition coefficient (Wildman–Crippen LogP) is 3.18. The fourth-order valence-corrected chi connectivity index (χ4v) is 1.29. The summed E-state index contributed by atoms with van der Waals surface area (Å²) in [5.41, 5.74) is 1.06. The summed E-state index contributed by atoms with van der Waals surface area (Å²) in [6.07, 6.45) is 1.24. The van der Waals surface area contributed by atoms with Gasteiger partial charge in [0, 0.05) is 11.5 Å². The Hall–Kier alpha value is -1.10. The van der Waals surface area contributed by atoms with Gasteiger partial charge in [0.1, 0.15) is 5.82 Å². The van der Waals surface area contributed by atoms with Gasteiger partial charge >= 0.3 is 6.09 Å². The minimum atomic E-state index is -0.465. The van der Waals surface area contributed by atoms with Gasteiger partial charge in [-0.25, -0.2) is 9.78 Å². The SMILES string of the molecule is CC(C)COC(=O)Nc1ccc(CBr)cn1. The Morgan fingerprint density at radius 2 is 2.31 bits per heavy atom. The zero-order valence-corrected chi connectivity index (χ0v) is 11.0. The van der Waals surface area contributed by atoms with E-state index in [1.165, 1.54) is 0 Å². The summed E-state index contributed by atoms with van der Waals surface area (Å²) < 4.78 is 4.96. The first kappa shape index (κ1) is 13.0. The summed E-state index contributed by atoms with van der Waals surface area (Å²) in [4.78, 5) is 15.4. The third kappa shape index (κ3) is 4.61. The number of rotatable bonds is 4. The van der Waals surface area contributed by atoms with Crippen molar-refractivity contribution in [2.75, 3.05) is 11.9 Å². The lowest BCUT2D eigenvalue weighted by Crippen LogP contribution is -2.17. The Balaban J connectivity index is 2.43. The average molecular weight is 287 g/mol. The van der Waals surface area contributed by atoms with Gasteiger partial charge in [0.2, 0.25) is 0 Å². The summed E-state index contributed by atoms with van der Waals surface area (Å²) in [6.45, 7) is 4.37. The minimum Gasteiger partial charge on any atom is -0.449 e. The molecule has 0 fully saturated rings. The first-order valence-corrected chi connectivity index (χ1v) is 6.18. The van der Waals surface area contributed by atoms with E-state index in [2.05, 4.69) is 26.2 Å². The number of nitrogens with one attached hydrogen (secondary N) is 1. The number of carbonyl (C=O) groups excluding carboxylic acids is 1. The van der Waals surface area contributed by atoms with Crippen LogP contribution in [0.2, 0.25) is 0 Å². The molecule has 0 aliphatic heterocycles. The summed E-state index contributed by atoms with van der Waals surface area (Å²) >= 11 is 3.32. The van der Waals surface area contributed by atoms with E-state index in [0.717, 1.165) is 10.9 Å². The molecule has 0 spiro atoms. The van der Waals surface area contributed by atoms with Crippen molar-refractivity contribution in [3.05, 3.63) is 23.9 Å². The van der Waals surface area contributed by atoms with Crippen LogP contribution in [0, 0.1) is 5.92 Å². The second-order valence-electron chi connectivity index (χ2n) is 3.80. The van der Waals surface area contributed by atoms with Crippen molar-refractivity contribution in [2.24, 2.45) is 5.92 Å². The topological polar surface area (TPSA) is 51.2 Å². The lowest BCUT2D eigenvalue weighted by molar-refractivity contribution is 0.147. The van der Waals surface area contributed by atoms with Gasteiger partial charge in [-0.1, -0.05) is 35.8 Å². The van der Waals surface area contributed by atoms with Crippen molar-refractivity contribution < 1.29 is 9.53 Å². The molecule has 1 heterocycles. The molecule has 4 nitrogen and oxygen atoms in total. The Labute approximate surface area is 104 Å². The fourth-order valence-electron chi connectivity index (χ4n) is 0.960. The molecule has 0 aromatic carbocycles. The van der Waals surface area contributed by atoms with E-state index in [1.807, 2.05) is 19.9 Å². The molecular weight excluding hydrogens is 272 g/mol. The van der Waals surface area contributed by atoms with Crippen molar-refractivity contribution in [3.63, 3.8) is 0 Å². The van der Waals surface area contributed by atoms with Gasteiger partial charge in [0.05, 0.1) is 6.61 Å². The van der Waals surface area contributed by atoms with E-state index in [9.17, 15) is 4.79 Å². The third-order valence-corrected chi connectivity index (χ3v) is 2.40. The standard InChI is InChI=1S/C11H15BrN2O2/c1-8(2)7-16-11(15)14-10-4-3-9(5-12)6-13-10/h3-4,6,8H,5,7H2,1-2H3,(H,13,14,15). The van der Waals surface area contributed by atoms with Crippen molar-refractivity contribution in [3.8, 4) is 0 Å². The van der Waals surface area contributed by atoms with Crippen molar-refractivity contribution in [1.82, 2.24) is 4.98 Å². The number of ether oxygens (including phenoxy) is 1. The van der Waals surface area contributed by atoms with Crippen molar-refractivity contribution in [1.29, 1.82) is 0 Å². The molecule has 1 N–H and O–H groups in total. The second-order valence-corrected chi connectivity index (χ2v) is 4.36. The molecule has 0 atom stereocenters. The van der Waals surface area contributed by atoms with E-state index >= 15 is 0 Å². The highest BCUT2D eigenvalue weighted by Gasteiger charge is 2.05. The Kier molecular flexibility index (Phi) is 5.25. The van der Waals surface area contributed by atoms with E-state index in [0.29, 0.717) is 18.3 Å². The molecule has 16 heavy (non-hydrogen) atoms. The van der Waals surface area contributed by atoms with Gasteiger partial charge in [0.15, 0.2) is 0 Å². The molecule has 5 heteroatoms. The molecule has 0 saturated heterocycles. The fraction of sp³-hybridized carbons (Fsp3) is 0.455. The van der Waals surface area contributed by atoms with Gasteiger partial charge < -0.3 is 4.74 Å². The number of amides is 1. The van der Waals surface area contributed by atoms with Gasteiger partial charge in [-0.15, -0.1) is 0 Å². The number of carbonyl (C=O) groups is 1. The average Bonchev–Trinajstić information content (AvgIpc) is 2.27. The second kappa shape index (κ2) is 6.48. The van der Waals surface area contributed by atoms with Gasteiger partial charge in [-0.3, -0.25) is 5.32 Å². The number of aromatic nitrogens is 1. The van der Waals surface area contributed by atoms with Crippen LogP contribution >= 0.6 is 15.9 Å². The number of hydrogen-bond donors (Lipinski definition) is 1. The maximum Gasteiger partial charge on any atom is 0.412 e. The van der Waals surface area contributed by atoms with E-state index < -0.39 is 6.09 Å². The Bertz CT molecular complexity index is 338. The number of pyridine rings is 1. The molecule has 1 aromatic heterocycles. The van der Waals surface area contributed by atoms with Gasteiger partial charge in [-0.2, -0.15) is 0 Å². The summed E-state index contributed by atoms with van der Waals surface area (Å²) in [5.74, 6) is 0.827. The predicted molar refractivity (Wildman–Crippen MR) is 66.7 cm³/mol. The van der Waals surface area contributed by atoms with Crippen LogP contribution in [0.5, 0.6) is 0 Å². The van der Waals surface area contributed by atoms with Crippen LogP contribution in [0.1, 0.15) is 19.4 Å². The molecule has 0 radical (unpaired) electrons. The quantitative estimate of drug-likeness (QED) is 0.865. The number of anilines is 1. The molecule has 1 amide bonds. The van der Waals surface area contributed by atoms with E-state index in [-0.39, 0.29) is 0 Å². The maximum atomic E-state index is 11.3. The highest BCUT2D eigenvalue weighted by Crippen LogP contribution is 2.08. The molecule has 0 aliphatic carbocycles. The lowest BCUT2D eigenvalue weighted by Gasteiger charge is -2.08. The monoisotopic (exact) mass is 286 g/mol. The van der Waals surface area contributed by atoms with Crippen LogP contribution in [0.4, 0.5) is 10.6 Å². The molecule has 0 aliphatic rings. The van der Waals surface area contributed by atoms with Crippen molar-refractivity contribution in [2.45, 2.75) is 19.2 Å². The largest absolute Gasteiger partial charge is 0.449 e. The first-order chi connectivity index (χ1) is 7.61. The summed E-state index contributed by atoms with van der Waals surface area (Å²) in [7, 11) is 0. The molecule has 0 saturated carbocycles. The molecule has 88 valence electrons. The number of halogens is 1.